The molecule has 126 valence electrons. The van der Waals surface area contributed by atoms with Gasteiger partial charge in [-0.2, -0.15) is 0 Å². The van der Waals surface area contributed by atoms with E-state index in [1.807, 2.05) is 0 Å². The van der Waals surface area contributed by atoms with Crippen molar-refractivity contribution in [3.05, 3.63) is 27.8 Å². The lowest BCUT2D eigenvalue weighted by Gasteiger charge is -2.38. The molecule has 1 saturated carbocycles. The van der Waals surface area contributed by atoms with Crippen molar-refractivity contribution in [3.8, 4) is 5.75 Å². The van der Waals surface area contributed by atoms with Crippen LogP contribution in [0.2, 0.25) is 0 Å². The molecule has 1 N–H and O–H groups in total. The minimum atomic E-state index is -0.759. The highest BCUT2D eigenvalue weighted by atomic mass is 16.5. The predicted molar refractivity (Wildman–Crippen MR) is 91.5 cm³/mol. The van der Waals surface area contributed by atoms with Crippen molar-refractivity contribution in [1.82, 2.24) is 0 Å². The van der Waals surface area contributed by atoms with Crippen LogP contribution in [0.3, 0.4) is 0 Å². The molecule has 0 aliphatic heterocycles. The summed E-state index contributed by atoms with van der Waals surface area (Å²) >= 11 is 0. The lowest BCUT2D eigenvalue weighted by atomic mass is 9.66. The van der Waals surface area contributed by atoms with Gasteiger partial charge >= 0.3 is 5.97 Å². The highest BCUT2D eigenvalue weighted by molar-refractivity contribution is 5.84. The molecule has 3 heteroatoms. The largest absolute Gasteiger partial charge is 0.496 e. The molecule has 0 saturated heterocycles. The maximum atomic E-state index is 12.3. The number of carboxylic acid groups (broad SMARTS) is 1. The Bertz CT molecular complexity index is 625. The topological polar surface area (TPSA) is 46.5 Å². The van der Waals surface area contributed by atoms with Gasteiger partial charge in [0.15, 0.2) is 0 Å². The average molecular weight is 316 g/mol. The quantitative estimate of drug-likeness (QED) is 0.894. The zero-order valence-corrected chi connectivity index (χ0v) is 14.6. The summed E-state index contributed by atoms with van der Waals surface area (Å²) in [6, 6.07) is 0. The Morgan fingerprint density at radius 1 is 0.957 bits per heavy atom. The summed E-state index contributed by atoms with van der Waals surface area (Å²) in [5, 5.41) is 10.1. The maximum absolute atomic E-state index is 12.3. The van der Waals surface area contributed by atoms with Gasteiger partial charge in [0, 0.05) is 5.56 Å². The first-order chi connectivity index (χ1) is 11.0. The van der Waals surface area contributed by atoms with Gasteiger partial charge < -0.3 is 9.84 Å². The van der Waals surface area contributed by atoms with Crippen molar-refractivity contribution < 1.29 is 14.6 Å². The fourth-order valence-corrected chi connectivity index (χ4v) is 4.94. The zero-order chi connectivity index (χ0) is 16.6. The van der Waals surface area contributed by atoms with Crippen LogP contribution in [0.15, 0.2) is 0 Å². The second-order valence-electron chi connectivity index (χ2n) is 7.27. The number of carboxylic acids is 1. The van der Waals surface area contributed by atoms with Crippen molar-refractivity contribution >= 4 is 5.97 Å². The van der Waals surface area contributed by atoms with Gasteiger partial charge in [-0.3, -0.25) is 4.79 Å². The van der Waals surface area contributed by atoms with Gasteiger partial charge in [0.2, 0.25) is 0 Å². The summed E-state index contributed by atoms with van der Waals surface area (Å²) in [5.74, 6) is 0.168. The van der Waals surface area contributed by atoms with Crippen LogP contribution in [0.25, 0.3) is 0 Å². The van der Waals surface area contributed by atoms with E-state index in [0.29, 0.717) is 0 Å². The van der Waals surface area contributed by atoms with E-state index in [1.54, 1.807) is 7.11 Å². The average Bonchev–Trinajstić information content (AvgIpc) is 2.58. The van der Waals surface area contributed by atoms with Crippen LogP contribution in [-0.4, -0.2) is 18.2 Å². The van der Waals surface area contributed by atoms with E-state index in [4.69, 9.17) is 4.74 Å². The number of carbonyl (C=O) groups is 1. The first kappa shape index (κ1) is 16.4. The van der Waals surface area contributed by atoms with E-state index in [0.717, 1.165) is 56.3 Å². The molecular weight excluding hydrogens is 288 g/mol. The molecule has 0 bridgehead atoms. The molecule has 0 amide bonds. The minimum Gasteiger partial charge on any atom is -0.496 e. The van der Waals surface area contributed by atoms with E-state index in [9.17, 15) is 9.90 Å². The van der Waals surface area contributed by atoms with Crippen molar-refractivity contribution in [3.63, 3.8) is 0 Å². The van der Waals surface area contributed by atoms with Crippen LogP contribution in [0.4, 0.5) is 0 Å². The Morgan fingerprint density at radius 3 is 2.04 bits per heavy atom. The Hall–Kier alpha value is -1.51. The summed E-state index contributed by atoms with van der Waals surface area (Å²) in [6.07, 6.45) is 9.19. The number of fused-ring (bicyclic) bond motifs is 1. The van der Waals surface area contributed by atoms with Crippen molar-refractivity contribution in [1.29, 1.82) is 0 Å². The van der Waals surface area contributed by atoms with Crippen LogP contribution in [0, 0.1) is 13.8 Å². The van der Waals surface area contributed by atoms with Gasteiger partial charge in [0.05, 0.1) is 12.5 Å². The van der Waals surface area contributed by atoms with Gasteiger partial charge in [0.1, 0.15) is 5.75 Å². The number of hydrogen-bond donors (Lipinski definition) is 1. The molecule has 0 unspecified atom stereocenters. The number of aliphatic carboxylic acids is 1. The molecule has 3 rings (SSSR count). The third-order valence-electron chi connectivity index (χ3n) is 6.11. The van der Waals surface area contributed by atoms with E-state index < -0.39 is 11.4 Å². The maximum Gasteiger partial charge on any atom is 0.314 e. The highest BCUT2D eigenvalue weighted by Gasteiger charge is 2.45. The molecule has 0 aromatic heterocycles. The molecule has 1 aromatic rings. The Morgan fingerprint density at radius 2 is 1.52 bits per heavy atom. The SMILES string of the molecule is COc1c(C)c2c(c(C)c1C1(C(=O)O)CCCCC1)CCCC2. The van der Waals surface area contributed by atoms with Crippen LogP contribution in [0.5, 0.6) is 5.75 Å². The van der Waals surface area contributed by atoms with Gasteiger partial charge in [-0.05, 0) is 74.6 Å². The molecule has 0 spiro atoms. The molecule has 1 aromatic carbocycles. The summed E-state index contributed by atoms with van der Waals surface area (Å²) in [7, 11) is 1.69. The lowest BCUT2D eigenvalue weighted by Crippen LogP contribution is -2.39. The minimum absolute atomic E-state index is 0.672. The van der Waals surface area contributed by atoms with Crippen molar-refractivity contribution in [2.24, 2.45) is 0 Å². The molecule has 23 heavy (non-hydrogen) atoms. The second kappa shape index (κ2) is 6.18. The molecule has 0 radical (unpaired) electrons. The van der Waals surface area contributed by atoms with Crippen LogP contribution in [0.1, 0.15) is 72.8 Å². The second-order valence-corrected chi connectivity index (χ2v) is 7.27. The number of hydrogen-bond acceptors (Lipinski definition) is 2. The van der Waals surface area contributed by atoms with E-state index in [2.05, 4.69) is 13.8 Å². The fraction of sp³-hybridized carbons (Fsp3) is 0.650. The van der Waals surface area contributed by atoms with E-state index in [-0.39, 0.29) is 0 Å². The summed E-state index contributed by atoms with van der Waals surface area (Å²) < 4.78 is 5.79. The highest BCUT2D eigenvalue weighted by Crippen LogP contribution is 2.49. The van der Waals surface area contributed by atoms with Gasteiger partial charge in [-0.15, -0.1) is 0 Å². The van der Waals surface area contributed by atoms with Crippen LogP contribution in [-0.2, 0) is 23.1 Å². The van der Waals surface area contributed by atoms with Gasteiger partial charge in [-0.25, -0.2) is 0 Å². The molecular formula is C20H28O3. The molecule has 0 atom stereocenters. The third-order valence-corrected chi connectivity index (χ3v) is 6.11. The number of ether oxygens (including phenoxy) is 1. The van der Waals surface area contributed by atoms with Crippen molar-refractivity contribution in [2.75, 3.05) is 7.11 Å². The number of rotatable bonds is 3. The Kier molecular flexibility index (Phi) is 4.39. The molecule has 3 nitrogen and oxygen atoms in total. The molecule has 1 fully saturated rings. The smallest absolute Gasteiger partial charge is 0.314 e. The molecule has 2 aliphatic carbocycles. The van der Waals surface area contributed by atoms with Gasteiger partial charge in [0.25, 0.3) is 0 Å². The molecule has 2 aliphatic rings. The third kappa shape index (κ3) is 2.45. The first-order valence-electron chi connectivity index (χ1n) is 8.95. The van der Waals surface area contributed by atoms with Crippen LogP contribution >= 0.6 is 0 Å². The standard InChI is InChI=1S/C20H28O3/c1-13-15-9-5-6-10-16(15)14(2)18(23-3)17(13)20(19(21)22)11-7-4-8-12-20/h4-12H2,1-3H3,(H,21,22). The normalized spacial score (nSPS) is 20.0. The monoisotopic (exact) mass is 316 g/mol. The number of benzene rings is 1. The molecule has 0 heterocycles. The van der Waals surface area contributed by atoms with Gasteiger partial charge in [-0.1, -0.05) is 19.3 Å². The zero-order valence-electron chi connectivity index (χ0n) is 14.6. The van der Waals surface area contributed by atoms with Crippen LogP contribution < -0.4 is 4.74 Å². The Labute approximate surface area is 139 Å². The van der Waals surface area contributed by atoms with Crippen molar-refractivity contribution in [2.45, 2.75) is 77.0 Å². The summed E-state index contributed by atoms with van der Waals surface area (Å²) in [6.45, 7) is 4.24. The first-order valence-corrected chi connectivity index (χ1v) is 8.95. The summed E-state index contributed by atoms with van der Waals surface area (Å²) in [4.78, 5) is 12.3. The Balaban J connectivity index is 2.29. The lowest BCUT2D eigenvalue weighted by molar-refractivity contribution is -0.145. The fourth-order valence-electron chi connectivity index (χ4n) is 4.94. The number of methoxy groups -OCH3 is 1. The predicted octanol–water partition coefficient (Wildman–Crippen LogP) is 4.48. The summed E-state index contributed by atoms with van der Waals surface area (Å²) in [5.41, 5.74) is 5.39. The van der Waals surface area contributed by atoms with E-state index >= 15 is 0 Å². The van der Waals surface area contributed by atoms with E-state index in [1.165, 1.54) is 35.1 Å².